The van der Waals surface area contributed by atoms with E-state index in [1.807, 2.05) is 6.07 Å². The van der Waals surface area contributed by atoms with Crippen LogP contribution in [0.25, 0.3) is 5.57 Å². The highest BCUT2D eigenvalue weighted by molar-refractivity contribution is 8.00. The second-order valence-electron chi connectivity index (χ2n) is 8.50. The van der Waals surface area contributed by atoms with Gasteiger partial charge in [0.25, 0.3) is 11.8 Å². The minimum absolute atomic E-state index is 0.170. The van der Waals surface area contributed by atoms with Crippen molar-refractivity contribution in [3.8, 4) is 0 Å². The van der Waals surface area contributed by atoms with Crippen LogP contribution in [0.2, 0.25) is 0 Å². The second kappa shape index (κ2) is 10.4. The number of carboxylic acid groups (broad SMARTS) is 1. The molecule has 2 amide bonds. The van der Waals surface area contributed by atoms with E-state index in [2.05, 4.69) is 15.5 Å². The minimum atomic E-state index is -1.32. The van der Waals surface area contributed by atoms with E-state index in [1.54, 1.807) is 31.2 Å². The van der Waals surface area contributed by atoms with Crippen LogP contribution in [0.4, 0.5) is 5.13 Å². The number of allylic oxidation sites excluding steroid dienone is 2. The maximum Gasteiger partial charge on any atom is 0.352 e. The fraction of sp³-hybridized carbons (Fsp3) is 0.200. The molecule has 0 spiro atoms. The lowest BCUT2D eigenvalue weighted by Crippen LogP contribution is -2.71. The minimum Gasteiger partial charge on any atom is -0.477 e. The Bertz CT molecular complexity index is 1530. The van der Waals surface area contributed by atoms with Gasteiger partial charge in [0.05, 0.1) is 5.57 Å². The van der Waals surface area contributed by atoms with Gasteiger partial charge in [-0.15, -0.1) is 23.1 Å². The van der Waals surface area contributed by atoms with Crippen molar-refractivity contribution in [2.45, 2.75) is 18.3 Å². The number of hydrogen-bond acceptors (Lipinski definition) is 11. The summed E-state index contributed by atoms with van der Waals surface area (Å²) in [7, 11) is 1.26. The molecule has 0 unspecified atom stereocenters. The molecule has 3 aliphatic heterocycles. The fourth-order valence-electron chi connectivity index (χ4n) is 4.39. The summed E-state index contributed by atoms with van der Waals surface area (Å²) < 4.78 is 5.46. The van der Waals surface area contributed by atoms with E-state index < -0.39 is 35.2 Å². The number of aliphatic carboxylic acids is 1. The number of amides is 2. The zero-order chi connectivity index (χ0) is 27.8. The molecule has 0 bridgehead atoms. The number of nitrogen functional groups attached to an aromatic ring is 1. The fourth-order valence-corrected chi connectivity index (χ4v) is 6.25. The maximum atomic E-state index is 13.1. The highest BCUT2D eigenvalue weighted by Crippen LogP contribution is 2.42. The first-order valence-electron chi connectivity index (χ1n) is 11.5. The summed E-state index contributed by atoms with van der Waals surface area (Å²) in [6.07, 6.45) is 1.48. The zero-order valence-electron chi connectivity index (χ0n) is 20.5. The number of thiazole rings is 1. The first-order valence-corrected chi connectivity index (χ1v) is 13.4. The average molecular weight is 568 g/mol. The Morgan fingerprint density at radius 3 is 2.69 bits per heavy atom. The van der Waals surface area contributed by atoms with Gasteiger partial charge in [0.2, 0.25) is 0 Å². The number of esters is 1. The van der Waals surface area contributed by atoms with Gasteiger partial charge in [-0.05, 0) is 24.1 Å². The standard InChI is InChI=1S/C25H21N5O7S2/c1-11-15(37-24(35)16(11)12-6-4-3-5-7-12)8-13-9-38-22-18(21(32)30(22)19(13)23(33)34)28-20(31)17(29-36-2)14-10-39-25(26)27-14/h3-8,10,18,22H,9H2,1-2H3,(H2,26,27)(H,28,31)(H,33,34)/t18-,22+/m1/s1. The van der Waals surface area contributed by atoms with Gasteiger partial charge >= 0.3 is 11.9 Å². The molecule has 39 heavy (non-hydrogen) atoms. The van der Waals surface area contributed by atoms with Crippen LogP contribution >= 0.6 is 23.1 Å². The number of benzene rings is 1. The Morgan fingerprint density at radius 2 is 2.05 bits per heavy atom. The zero-order valence-corrected chi connectivity index (χ0v) is 22.2. The van der Waals surface area contributed by atoms with Crippen molar-refractivity contribution in [3.05, 3.63) is 75.6 Å². The SMILES string of the molecule is CON=C(C(=O)N[C@@H]1C(=O)N2C(C(=O)O)=C(C=C3OC(=O)C(c4ccccc4)=C3C)CS[C@@H]12)c1csc(N)n1. The molecule has 1 aromatic heterocycles. The second-order valence-corrected chi connectivity index (χ2v) is 10.5. The highest BCUT2D eigenvalue weighted by Gasteiger charge is 2.54. The number of carbonyl (C=O) groups is 4. The van der Waals surface area contributed by atoms with E-state index in [1.165, 1.54) is 30.3 Å². The van der Waals surface area contributed by atoms with E-state index in [-0.39, 0.29) is 33.7 Å². The van der Waals surface area contributed by atoms with Crippen molar-refractivity contribution < 1.29 is 33.9 Å². The Hall–Kier alpha value is -4.43. The molecule has 0 radical (unpaired) electrons. The largest absolute Gasteiger partial charge is 0.477 e. The number of nitrogens with two attached hydrogens (primary N) is 1. The van der Waals surface area contributed by atoms with Gasteiger partial charge in [0.15, 0.2) is 10.8 Å². The molecule has 1 saturated heterocycles. The van der Waals surface area contributed by atoms with Crippen molar-refractivity contribution in [3.63, 3.8) is 0 Å². The van der Waals surface area contributed by atoms with Gasteiger partial charge in [-0.1, -0.05) is 35.5 Å². The van der Waals surface area contributed by atoms with Crippen molar-refractivity contribution in [2.24, 2.45) is 5.16 Å². The van der Waals surface area contributed by atoms with Gasteiger partial charge in [0, 0.05) is 16.7 Å². The van der Waals surface area contributed by atoms with Gasteiger partial charge in [0.1, 0.15) is 35.7 Å². The Kier molecular flexibility index (Phi) is 6.97. The molecular weight excluding hydrogens is 546 g/mol. The maximum absolute atomic E-state index is 13.1. The van der Waals surface area contributed by atoms with Gasteiger partial charge < -0.3 is 25.7 Å². The smallest absolute Gasteiger partial charge is 0.352 e. The van der Waals surface area contributed by atoms with Crippen molar-refractivity contribution in [1.82, 2.24) is 15.2 Å². The predicted molar refractivity (Wildman–Crippen MR) is 143 cm³/mol. The van der Waals surface area contributed by atoms with Crippen molar-refractivity contribution >= 4 is 63.3 Å². The van der Waals surface area contributed by atoms with Gasteiger partial charge in [-0.2, -0.15) is 0 Å². The van der Waals surface area contributed by atoms with Crippen LogP contribution in [-0.4, -0.2) is 68.7 Å². The topological polar surface area (TPSA) is 174 Å². The van der Waals surface area contributed by atoms with E-state index in [9.17, 15) is 24.3 Å². The lowest BCUT2D eigenvalue weighted by atomic mass is 9.99. The number of aromatic nitrogens is 1. The normalized spacial score (nSPS) is 22.1. The number of cyclic esters (lactones) is 1. The van der Waals surface area contributed by atoms with E-state index in [0.29, 0.717) is 22.3 Å². The Balaban J connectivity index is 1.40. The van der Waals surface area contributed by atoms with Crippen LogP contribution < -0.4 is 11.1 Å². The molecule has 0 saturated carbocycles. The van der Waals surface area contributed by atoms with Crippen molar-refractivity contribution in [2.75, 3.05) is 18.6 Å². The number of carbonyl (C=O) groups excluding carboxylic acids is 3. The number of fused-ring (bicyclic) bond motifs is 1. The Labute approximate surface area is 229 Å². The third-order valence-electron chi connectivity index (χ3n) is 6.17. The third-order valence-corrected chi connectivity index (χ3v) is 8.14. The van der Waals surface area contributed by atoms with E-state index in [0.717, 1.165) is 16.2 Å². The summed E-state index contributed by atoms with van der Waals surface area (Å²) >= 11 is 2.38. The number of nitrogens with one attached hydrogen (secondary N) is 1. The van der Waals surface area contributed by atoms with Crippen LogP contribution in [0, 0.1) is 0 Å². The molecule has 3 aliphatic rings. The highest BCUT2D eigenvalue weighted by atomic mass is 32.2. The number of hydrogen-bond donors (Lipinski definition) is 3. The lowest BCUT2D eigenvalue weighted by molar-refractivity contribution is -0.150. The van der Waals surface area contributed by atoms with Crippen LogP contribution in [-0.2, 0) is 28.8 Å². The molecule has 1 aromatic carbocycles. The molecule has 4 heterocycles. The number of carboxylic acids is 1. The Morgan fingerprint density at radius 1 is 1.31 bits per heavy atom. The monoisotopic (exact) mass is 567 g/mol. The number of β-lactam (4-membered cyclic amide) rings is 1. The summed E-state index contributed by atoms with van der Waals surface area (Å²) in [4.78, 5) is 60.8. The number of anilines is 1. The molecule has 0 aliphatic carbocycles. The molecule has 14 heteroatoms. The number of ether oxygens (including phenoxy) is 1. The lowest BCUT2D eigenvalue weighted by Gasteiger charge is -2.49. The number of rotatable bonds is 7. The summed E-state index contributed by atoms with van der Waals surface area (Å²) in [5.74, 6) is -2.78. The van der Waals surface area contributed by atoms with Gasteiger partial charge in [-0.3, -0.25) is 14.5 Å². The quantitative estimate of drug-likeness (QED) is 0.193. The molecule has 2 atom stereocenters. The van der Waals surface area contributed by atoms with Crippen LogP contribution in [0.1, 0.15) is 18.2 Å². The molecule has 200 valence electrons. The molecule has 5 rings (SSSR count). The molecular formula is C25H21N5O7S2. The average Bonchev–Trinajstić information content (AvgIpc) is 3.47. The van der Waals surface area contributed by atoms with Crippen molar-refractivity contribution in [1.29, 1.82) is 0 Å². The number of oxime groups is 1. The first-order chi connectivity index (χ1) is 18.7. The van der Waals surface area contributed by atoms with E-state index in [4.69, 9.17) is 15.3 Å². The van der Waals surface area contributed by atoms with Crippen LogP contribution in [0.5, 0.6) is 0 Å². The molecule has 4 N–H and O–H groups in total. The summed E-state index contributed by atoms with van der Waals surface area (Å²) in [5, 5.41) is 17.4. The van der Waals surface area contributed by atoms with Gasteiger partial charge in [-0.25, -0.2) is 14.6 Å². The third kappa shape index (κ3) is 4.68. The molecule has 1 fully saturated rings. The molecule has 2 aromatic rings. The number of nitrogens with zero attached hydrogens (tertiary/aromatic N) is 3. The summed E-state index contributed by atoms with van der Waals surface area (Å²) in [5.41, 5.74) is 7.35. The van der Waals surface area contributed by atoms with E-state index >= 15 is 0 Å². The first kappa shape index (κ1) is 26.2. The predicted octanol–water partition coefficient (Wildman–Crippen LogP) is 1.73. The molecule has 12 nitrogen and oxygen atoms in total. The van der Waals surface area contributed by atoms with Crippen LogP contribution in [0.3, 0.4) is 0 Å². The summed E-state index contributed by atoms with van der Waals surface area (Å²) in [6.45, 7) is 1.72. The number of thioether (sulfide) groups is 1. The summed E-state index contributed by atoms with van der Waals surface area (Å²) in [6, 6.07) is 8.00. The van der Waals surface area contributed by atoms with Crippen LogP contribution in [0.15, 0.2) is 69.5 Å².